The molecule has 3 aromatic carbocycles. The van der Waals surface area contributed by atoms with Crippen LogP contribution in [0.15, 0.2) is 54.6 Å². The molecule has 1 heterocycles. The van der Waals surface area contributed by atoms with Crippen molar-refractivity contribution in [1.82, 2.24) is 0 Å². The molecule has 0 aliphatic carbocycles. The van der Waals surface area contributed by atoms with Crippen LogP contribution in [0.25, 0.3) is 0 Å². The maximum atomic E-state index is 12.6. The minimum atomic E-state index is -0.951. The number of halogens is 1. The second-order valence-electron chi connectivity index (χ2n) is 8.34. The van der Waals surface area contributed by atoms with Crippen LogP contribution >= 0.6 is 11.6 Å². The minimum Gasteiger partial charge on any atom is -0.493 e. The van der Waals surface area contributed by atoms with Crippen molar-refractivity contribution in [2.75, 3.05) is 13.2 Å². The first-order chi connectivity index (χ1) is 16.9. The van der Waals surface area contributed by atoms with Crippen LogP contribution in [0.3, 0.4) is 0 Å². The zero-order chi connectivity index (χ0) is 24.9. The summed E-state index contributed by atoms with van der Waals surface area (Å²) in [5, 5.41) is 21.4. The number of ether oxygens (including phenoxy) is 2. The summed E-state index contributed by atoms with van der Waals surface area (Å²) in [4.78, 5) is 24.2. The molecule has 7 nitrogen and oxygen atoms in total. The number of carboxylic acid groups (broad SMARTS) is 1. The number of nitriles is 1. The van der Waals surface area contributed by atoms with Gasteiger partial charge < -0.3 is 14.6 Å². The topological polar surface area (TPSA) is 113 Å². The van der Waals surface area contributed by atoms with Gasteiger partial charge in [0.25, 0.3) is 0 Å². The van der Waals surface area contributed by atoms with E-state index in [0.717, 1.165) is 17.5 Å². The first-order valence-corrected chi connectivity index (χ1v) is 11.6. The molecule has 8 heteroatoms. The lowest BCUT2D eigenvalue weighted by Gasteiger charge is -2.24. The maximum Gasteiger partial charge on any atom is 0.342 e. The van der Waals surface area contributed by atoms with Crippen LogP contribution < -0.4 is 14.8 Å². The van der Waals surface area contributed by atoms with Crippen molar-refractivity contribution >= 4 is 23.5 Å². The number of aliphatic carboxylic acids is 1. The average Bonchev–Trinajstić information content (AvgIpc) is 2.85. The average molecular weight is 492 g/mol. The monoisotopic (exact) mass is 491 g/mol. The molecule has 0 saturated carbocycles. The number of fused-ring (bicyclic) bond motifs is 1. The summed E-state index contributed by atoms with van der Waals surface area (Å²) >= 11 is 5.90. The Morgan fingerprint density at radius 2 is 1.94 bits per heavy atom. The number of carboxylic acids is 1. The van der Waals surface area contributed by atoms with E-state index in [1.807, 2.05) is 31.2 Å². The summed E-state index contributed by atoms with van der Waals surface area (Å²) in [5.74, 6) is -0.583. The third kappa shape index (κ3) is 5.62. The first kappa shape index (κ1) is 24.3. The quantitative estimate of drug-likeness (QED) is 0.512. The van der Waals surface area contributed by atoms with Gasteiger partial charge in [0.15, 0.2) is 0 Å². The van der Waals surface area contributed by atoms with Gasteiger partial charge in [-0.15, -0.1) is 0 Å². The summed E-state index contributed by atoms with van der Waals surface area (Å²) < 4.78 is 11.6. The predicted octanol–water partition coefficient (Wildman–Crippen LogP) is 4.21. The molecule has 0 bridgehead atoms. The van der Waals surface area contributed by atoms with Crippen molar-refractivity contribution in [3.63, 3.8) is 0 Å². The molecule has 1 aliphatic rings. The Hall–Kier alpha value is -3.86. The van der Waals surface area contributed by atoms with Gasteiger partial charge in [0.2, 0.25) is 0 Å². The highest BCUT2D eigenvalue weighted by molar-refractivity contribution is 6.30. The molecule has 4 rings (SSSR count). The molecule has 1 aliphatic heterocycles. The SMILES string of the molecule is Cc1cc(C(=O)[NH2+]CCc2ccc(Cl)cc2)ccc1Oc1cc2c(cc1C#N)C(C(=O)O)CCO2. The molecule has 178 valence electrons. The van der Waals surface area contributed by atoms with Crippen LogP contribution in [-0.2, 0) is 11.2 Å². The number of amides is 1. The number of rotatable bonds is 7. The van der Waals surface area contributed by atoms with E-state index in [1.165, 1.54) is 6.07 Å². The zero-order valence-electron chi connectivity index (χ0n) is 19.1. The molecular weight excluding hydrogens is 468 g/mol. The van der Waals surface area contributed by atoms with Crippen molar-refractivity contribution in [3.05, 3.63) is 87.4 Å². The van der Waals surface area contributed by atoms with Gasteiger partial charge in [-0.25, -0.2) is 4.79 Å². The lowest BCUT2D eigenvalue weighted by atomic mass is 9.91. The zero-order valence-corrected chi connectivity index (χ0v) is 19.8. The number of hydrogen-bond acceptors (Lipinski definition) is 5. The highest BCUT2D eigenvalue weighted by Gasteiger charge is 2.29. The van der Waals surface area contributed by atoms with Crippen molar-refractivity contribution in [3.8, 4) is 23.3 Å². The smallest absolute Gasteiger partial charge is 0.342 e. The largest absolute Gasteiger partial charge is 0.493 e. The second-order valence-corrected chi connectivity index (χ2v) is 8.78. The number of carbonyl (C=O) groups is 2. The molecule has 3 aromatic rings. The first-order valence-electron chi connectivity index (χ1n) is 11.2. The van der Waals surface area contributed by atoms with Crippen molar-refractivity contribution < 1.29 is 29.5 Å². The normalized spacial score (nSPS) is 14.4. The van der Waals surface area contributed by atoms with Crippen LogP contribution in [0.5, 0.6) is 17.2 Å². The molecule has 0 fully saturated rings. The molecular formula is C27H24ClN2O5+. The number of nitrogens with two attached hydrogens (primary N) is 1. The Morgan fingerprint density at radius 1 is 1.17 bits per heavy atom. The van der Waals surface area contributed by atoms with E-state index in [0.29, 0.717) is 40.6 Å². The molecule has 0 saturated heterocycles. The van der Waals surface area contributed by atoms with Crippen LogP contribution in [0.4, 0.5) is 0 Å². The van der Waals surface area contributed by atoms with Gasteiger partial charge in [0, 0.05) is 23.1 Å². The van der Waals surface area contributed by atoms with E-state index in [9.17, 15) is 20.0 Å². The van der Waals surface area contributed by atoms with Gasteiger partial charge >= 0.3 is 11.9 Å². The molecule has 35 heavy (non-hydrogen) atoms. The summed E-state index contributed by atoms with van der Waals surface area (Å²) in [6.07, 6.45) is 1.09. The number of primary amides is 1. The Morgan fingerprint density at radius 3 is 2.63 bits per heavy atom. The molecule has 3 N–H and O–H groups in total. The fourth-order valence-electron chi connectivity index (χ4n) is 4.02. The lowest BCUT2D eigenvalue weighted by Crippen LogP contribution is -2.88. The van der Waals surface area contributed by atoms with Crippen LogP contribution in [-0.4, -0.2) is 30.1 Å². The molecule has 1 amide bonds. The van der Waals surface area contributed by atoms with E-state index in [1.54, 1.807) is 29.6 Å². The van der Waals surface area contributed by atoms with Crippen molar-refractivity contribution in [1.29, 1.82) is 5.26 Å². The van der Waals surface area contributed by atoms with E-state index in [-0.39, 0.29) is 23.8 Å². The summed E-state index contributed by atoms with van der Waals surface area (Å²) in [5.41, 5.74) is 3.07. The summed E-state index contributed by atoms with van der Waals surface area (Å²) in [7, 11) is 0. The minimum absolute atomic E-state index is 0.0757. The maximum absolute atomic E-state index is 12.6. The van der Waals surface area contributed by atoms with Gasteiger partial charge in [0.1, 0.15) is 23.3 Å². The third-order valence-electron chi connectivity index (χ3n) is 5.93. The lowest BCUT2D eigenvalue weighted by molar-refractivity contribution is -0.554. The van der Waals surface area contributed by atoms with Crippen molar-refractivity contribution in [2.24, 2.45) is 0 Å². The van der Waals surface area contributed by atoms with E-state index in [4.69, 9.17) is 21.1 Å². The fourth-order valence-corrected chi connectivity index (χ4v) is 4.15. The van der Waals surface area contributed by atoms with Crippen molar-refractivity contribution in [2.45, 2.75) is 25.7 Å². The predicted molar refractivity (Wildman–Crippen MR) is 129 cm³/mol. The van der Waals surface area contributed by atoms with Crippen LogP contribution in [0, 0.1) is 18.3 Å². The number of aryl methyl sites for hydroxylation is 1. The van der Waals surface area contributed by atoms with Gasteiger partial charge in [-0.05, 0) is 60.9 Å². The number of nitrogens with zero attached hydrogens (tertiary/aromatic N) is 1. The van der Waals surface area contributed by atoms with Gasteiger partial charge in [0.05, 0.1) is 30.2 Å². The molecule has 0 aromatic heterocycles. The van der Waals surface area contributed by atoms with Gasteiger partial charge in [-0.3, -0.25) is 10.1 Å². The number of benzene rings is 3. The third-order valence-corrected chi connectivity index (χ3v) is 6.18. The van der Waals surface area contributed by atoms with Crippen LogP contribution in [0.2, 0.25) is 5.02 Å². The molecule has 1 atom stereocenters. The number of carbonyl (C=O) groups excluding carboxylic acids is 1. The van der Waals surface area contributed by atoms with Gasteiger partial charge in [-0.1, -0.05) is 23.7 Å². The number of hydrogen-bond donors (Lipinski definition) is 2. The highest BCUT2D eigenvalue weighted by Crippen LogP contribution is 2.40. The standard InChI is InChI=1S/C27H23ClN2O5/c1-16-12-18(26(31)30-10-8-17-2-5-20(28)6-3-17)4-7-23(16)35-24-14-25-22(13-19(24)15-29)21(27(32)33)9-11-34-25/h2-7,12-14,21H,8-11H2,1H3,(H,30,31)(H,32,33)/p+1. The van der Waals surface area contributed by atoms with E-state index >= 15 is 0 Å². The Kier molecular flexibility index (Phi) is 7.35. The molecule has 1 unspecified atom stereocenters. The Balaban J connectivity index is 1.46. The Labute approximate surface area is 207 Å². The fraction of sp³-hybridized carbons (Fsp3) is 0.222. The van der Waals surface area contributed by atoms with E-state index < -0.39 is 11.9 Å². The molecule has 0 spiro atoms. The Bertz CT molecular complexity index is 1310. The van der Waals surface area contributed by atoms with Crippen LogP contribution in [0.1, 0.15) is 45.0 Å². The summed E-state index contributed by atoms with van der Waals surface area (Å²) in [6.45, 7) is 2.71. The number of quaternary nitrogens is 1. The van der Waals surface area contributed by atoms with E-state index in [2.05, 4.69) is 6.07 Å². The second kappa shape index (κ2) is 10.6. The van der Waals surface area contributed by atoms with Gasteiger partial charge in [-0.2, -0.15) is 5.26 Å². The molecule has 0 radical (unpaired) electrons. The summed E-state index contributed by atoms with van der Waals surface area (Å²) in [6, 6.07) is 17.8. The highest BCUT2D eigenvalue weighted by atomic mass is 35.5.